The molecular formula is C17H18BrNOSi. The van der Waals surface area contributed by atoms with Crippen LogP contribution in [0.15, 0.2) is 53.8 Å². The standard InChI is InChI=1S/C17H18BrNOSi/c1-21(2)15-7-4-3-6-13(15)17(20,9-5-10-18)14-12-19-11-8-16(14)21/h3-8,10-12,20H,9H2,1-2H3/b10-5-. The first-order valence-electron chi connectivity index (χ1n) is 7.04. The van der Waals surface area contributed by atoms with E-state index < -0.39 is 13.7 Å². The van der Waals surface area contributed by atoms with Crippen LogP contribution < -0.4 is 10.4 Å². The summed E-state index contributed by atoms with van der Waals surface area (Å²) in [6.07, 6.45) is 6.16. The van der Waals surface area contributed by atoms with E-state index in [0.717, 1.165) is 11.1 Å². The summed E-state index contributed by atoms with van der Waals surface area (Å²) < 4.78 is 0. The smallest absolute Gasteiger partial charge is 0.119 e. The molecule has 2 nitrogen and oxygen atoms in total. The van der Waals surface area contributed by atoms with Gasteiger partial charge in [-0.05, 0) is 27.0 Å². The number of rotatable bonds is 2. The lowest BCUT2D eigenvalue weighted by molar-refractivity contribution is 0.0851. The van der Waals surface area contributed by atoms with E-state index in [4.69, 9.17) is 0 Å². The molecule has 1 aliphatic rings. The van der Waals surface area contributed by atoms with Gasteiger partial charge in [0, 0.05) is 24.4 Å². The normalized spacial score (nSPS) is 22.9. The van der Waals surface area contributed by atoms with Crippen LogP contribution in [0.4, 0.5) is 0 Å². The zero-order valence-electron chi connectivity index (χ0n) is 12.2. The monoisotopic (exact) mass is 359 g/mol. The Morgan fingerprint density at radius 2 is 1.90 bits per heavy atom. The fourth-order valence-electron chi connectivity index (χ4n) is 3.38. The Morgan fingerprint density at radius 1 is 1.19 bits per heavy atom. The Morgan fingerprint density at radius 3 is 2.67 bits per heavy atom. The van der Waals surface area contributed by atoms with Crippen molar-refractivity contribution in [3.05, 3.63) is 64.9 Å². The van der Waals surface area contributed by atoms with E-state index in [9.17, 15) is 5.11 Å². The number of hydrogen-bond donors (Lipinski definition) is 1. The lowest BCUT2D eigenvalue weighted by atomic mass is 9.84. The van der Waals surface area contributed by atoms with E-state index in [0.29, 0.717) is 6.42 Å². The maximum Gasteiger partial charge on any atom is 0.119 e. The predicted molar refractivity (Wildman–Crippen MR) is 93.1 cm³/mol. The van der Waals surface area contributed by atoms with E-state index in [2.05, 4.69) is 58.3 Å². The topological polar surface area (TPSA) is 33.1 Å². The number of hydrogen-bond acceptors (Lipinski definition) is 2. The van der Waals surface area contributed by atoms with Crippen molar-refractivity contribution in [3.63, 3.8) is 0 Å². The Hall–Kier alpha value is -1.23. The number of pyridine rings is 1. The lowest BCUT2D eigenvalue weighted by Crippen LogP contribution is -2.63. The van der Waals surface area contributed by atoms with Crippen molar-refractivity contribution in [3.8, 4) is 0 Å². The van der Waals surface area contributed by atoms with Crippen molar-refractivity contribution in [1.29, 1.82) is 0 Å². The molecule has 0 saturated heterocycles. The highest BCUT2D eigenvalue weighted by molar-refractivity contribution is 9.11. The highest BCUT2D eigenvalue weighted by atomic mass is 79.9. The van der Waals surface area contributed by atoms with E-state index in [1.165, 1.54) is 10.4 Å². The van der Waals surface area contributed by atoms with Crippen molar-refractivity contribution in [2.75, 3.05) is 0 Å². The predicted octanol–water partition coefficient (Wildman–Crippen LogP) is 2.75. The summed E-state index contributed by atoms with van der Waals surface area (Å²) in [5.41, 5.74) is 1.01. The fraction of sp³-hybridized carbons (Fsp3) is 0.235. The quantitative estimate of drug-likeness (QED) is 0.836. The third kappa shape index (κ3) is 2.13. The molecule has 21 heavy (non-hydrogen) atoms. The fourth-order valence-corrected chi connectivity index (χ4v) is 6.77. The highest BCUT2D eigenvalue weighted by Crippen LogP contribution is 2.36. The van der Waals surface area contributed by atoms with Gasteiger partial charge in [0.1, 0.15) is 13.7 Å². The third-order valence-electron chi connectivity index (χ3n) is 4.49. The Balaban J connectivity index is 2.33. The largest absolute Gasteiger partial charge is 0.380 e. The molecule has 0 bridgehead atoms. The zero-order valence-corrected chi connectivity index (χ0v) is 14.8. The van der Waals surface area contributed by atoms with Gasteiger partial charge in [-0.1, -0.05) is 59.4 Å². The number of fused-ring (bicyclic) bond motifs is 2. The first kappa shape index (κ1) is 14.7. The molecule has 1 unspecified atom stereocenters. The van der Waals surface area contributed by atoms with Crippen LogP contribution in [0.25, 0.3) is 0 Å². The first-order valence-corrected chi connectivity index (χ1v) is 11.0. The van der Waals surface area contributed by atoms with Crippen molar-refractivity contribution in [2.45, 2.75) is 25.1 Å². The summed E-state index contributed by atoms with van der Waals surface area (Å²) in [6, 6.07) is 10.4. The molecule has 0 saturated carbocycles. The van der Waals surface area contributed by atoms with Crippen LogP contribution in [0.3, 0.4) is 0 Å². The van der Waals surface area contributed by atoms with Gasteiger partial charge in [-0.3, -0.25) is 4.98 Å². The molecule has 108 valence electrons. The van der Waals surface area contributed by atoms with Crippen molar-refractivity contribution in [1.82, 2.24) is 4.98 Å². The Kier molecular flexibility index (Phi) is 3.64. The molecule has 4 heteroatoms. The van der Waals surface area contributed by atoms with Gasteiger partial charge in [0.2, 0.25) is 0 Å². The summed E-state index contributed by atoms with van der Waals surface area (Å²) in [5.74, 6) is 0. The molecule has 0 aliphatic carbocycles. The number of benzene rings is 1. The minimum Gasteiger partial charge on any atom is -0.380 e. The lowest BCUT2D eigenvalue weighted by Gasteiger charge is -2.42. The van der Waals surface area contributed by atoms with Crippen LogP contribution in [0.2, 0.25) is 13.1 Å². The van der Waals surface area contributed by atoms with Crippen molar-refractivity contribution < 1.29 is 5.11 Å². The molecule has 1 atom stereocenters. The van der Waals surface area contributed by atoms with Gasteiger partial charge in [-0.25, -0.2) is 0 Å². The molecule has 2 heterocycles. The molecule has 1 aliphatic heterocycles. The van der Waals surface area contributed by atoms with Gasteiger partial charge in [-0.15, -0.1) is 0 Å². The Labute approximate surface area is 134 Å². The molecule has 1 aromatic heterocycles. The van der Waals surface area contributed by atoms with Crippen LogP contribution >= 0.6 is 15.9 Å². The van der Waals surface area contributed by atoms with Gasteiger partial charge in [-0.2, -0.15) is 0 Å². The molecule has 1 N–H and O–H groups in total. The second kappa shape index (κ2) is 5.20. The molecule has 2 aromatic rings. The molecule has 3 rings (SSSR count). The van der Waals surface area contributed by atoms with Gasteiger partial charge in [0.05, 0.1) is 0 Å². The van der Waals surface area contributed by atoms with E-state index >= 15 is 0 Å². The molecular weight excluding hydrogens is 342 g/mol. The van der Waals surface area contributed by atoms with Crippen molar-refractivity contribution in [2.24, 2.45) is 0 Å². The molecule has 0 radical (unpaired) electrons. The van der Waals surface area contributed by atoms with Crippen LogP contribution in [0.1, 0.15) is 17.5 Å². The molecule has 0 fully saturated rings. The van der Waals surface area contributed by atoms with E-state index in [1.54, 1.807) is 4.99 Å². The summed E-state index contributed by atoms with van der Waals surface area (Å²) >= 11 is 3.30. The van der Waals surface area contributed by atoms with Crippen LogP contribution in [-0.4, -0.2) is 18.2 Å². The third-order valence-corrected chi connectivity index (χ3v) is 8.43. The van der Waals surface area contributed by atoms with Gasteiger partial charge in [0.25, 0.3) is 0 Å². The maximum absolute atomic E-state index is 11.4. The number of aliphatic hydroxyl groups is 1. The Bertz CT molecular complexity index is 662. The van der Waals surface area contributed by atoms with Gasteiger partial charge >= 0.3 is 0 Å². The molecule has 0 amide bonds. The number of halogens is 1. The molecule has 0 spiro atoms. The number of aromatic nitrogens is 1. The second-order valence-corrected chi connectivity index (χ2v) is 10.9. The minimum atomic E-state index is -1.80. The van der Waals surface area contributed by atoms with E-state index in [1.807, 2.05) is 24.5 Å². The van der Waals surface area contributed by atoms with Crippen LogP contribution in [0.5, 0.6) is 0 Å². The number of nitrogens with zero attached hydrogens (tertiary/aromatic N) is 1. The SMILES string of the molecule is C[Si]1(C)c2ccccc2C(O)(C/C=C\Br)c2cnccc21. The van der Waals surface area contributed by atoms with Crippen LogP contribution in [-0.2, 0) is 5.60 Å². The van der Waals surface area contributed by atoms with Crippen LogP contribution in [0, 0.1) is 0 Å². The summed E-state index contributed by atoms with van der Waals surface area (Å²) in [5, 5.41) is 14.0. The first-order chi connectivity index (χ1) is 10.0. The second-order valence-electron chi connectivity index (χ2n) is 6.02. The maximum atomic E-state index is 11.4. The van der Waals surface area contributed by atoms with E-state index in [-0.39, 0.29) is 0 Å². The average Bonchev–Trinajstić information content (AvgIpc) is 2.52. The van der Waals surface area contributed by atoms with Gasteiger partial charge in [0.15, 0.2) is 0 Å². The summed E-state index contributed by atoms with van der Waals surface area (Å²) in [7, 11) is -1.80. The zero-order chi connectivity index (χ0) is 15.1. The van der Waals surface area contributed by atoms with Gasteiger partial charge < -0.3 is 5.11 Å². The molecule has 1 aromatic carbocycles. The minimum absolute atomic E-state index is 0.540. The summed E-state index contributed by atoms with van der Waals surface area (Å²) in [6.45, 7) is 4.68. The highest BCUT2D eigenvalue weighted by Gasteiger charge is 2.45. The van der Waals surface area contributed by atoms with Crippen molar-refractivity contribution >= 4 is 34.4 Å². The average molecular weight is 360 g/mol. The summed E-state index contributed by atoms with van der Waals surface area (Å²) in [4.78, 5) is 6.07.